The summed E-state index contributed by atoms with van der Waals surface area (Å²) in [4.78, 5) is 7.72. The Morgan fingerprint density at radius 2 is 1.28 bits per heavy atom. The van der Waals surface area contributed by atoms with Crippen LogP contribution in [0.3, 0.4) is 0 Å². The first kappa shape index (κ1) is 20.7. The average Bonchev–Trinajstić information content (AvgIpc) is 2.69. The second kappa shape index (κ2) is 8.58. The zero-order valence-electron chi connectivity index (χ0n) is 15.6. The molecule has 0 saturated carbocycles. The normalized spacial score (nSPS) is 11.8. The van der Waals surface area contributed by atoms with Gasteiger partial charge in [0.2, 0.25) is 5.95 Å². The molecule has 0 aliphatic rings. The lowest BCUT2D eigenvalue weighted by atomic mass is 10.1. The van der Waals surface area contributed by atoms with Crippen LogP contribution in [-0.4, -0.2) is 26.8 Å². The molecule has 0 amide bonds. The third kappa shape index (κ3) is 5.30. The average molecular weight is 433 g/mol. The van der Waals surface area contributed by atoms with Crippen molar-refractivity contribution in [1.82, 2.24) is 9.97 Å². The van der Waals surface area contributed by atoms with Gasteiger partial charge < -0.3 is 0 Å². The van der Waals surface area contributed by atoms with Gasteiger partial charge in [0.25, 0.3) is 20.0 Å². The second-order valence-electron chi connectivity index (χ2n) is 6.20. The lowest BCUT2D eigenvalue weighted by molar-refractivity contribution is 0.599. The van der Waals surface area contributed by atoms with Crippen LogP contribution in [0.1, 0.15) is 18.9 Å². The Labute approximate surface area is 170 Å². The minimum Gasteiger partial charge on any atom is -0.280 e. The summed E-state index contributed by atoms with van der Waals surface area (Å²) in [6.07, 6.45) is 4.69. The Hall–Kier alpha value is -2.98. The van der Waals surface area contributed by atoms with Crippen LogP contribution < -0.4 is 9.44 Å². The predicted octanol–water partition coefficient (Wildman–Crippen LogP) is 3.03. The molecule has 3 rings (SSSR count). The van der Waals surface area contributed by atoms with Crippen LogP contribution in [-0.2, 0) is 26.5 Å². The van der Waals surface area contributed by atoms with Crippen molar-refractivity contribution in [2.24, 2.45) is 0 Å². The van der Waals surface area contributed by atoms with Crippen molar-refractivity contribution < 1.29 is 16.8 Å². The molecular weight excluding hydrogens is 412 g/mol. The van der Waals surface area contributed by atoms with E-state index in [1.54, 1.807) is 30.3 Å². The summed E-state index contributed by atoms with van der Waals surface area (Å²) >= 11 is 0. The van der Waals surface area contributed by atoms with Gasteiger partial charge in [0.1, 0.15) is 0 Å². The molecule has 0 atom stereocenters. The quantitative estimate of drug-likeness (QED) is 0.565. The molecule has 0 spiro atoms. The van der Waals surface area contributed by atoms with Gasteiger partial charge in [0.05, 0.1) is 9.79 Å². The van der Waals surface area contributed by atoms with Crippen LogP contribution in [0, 0.1) is 0 Å². The molecule has 0 fully saturated rings. The highest BCUT2D eigenvalue weighted by atomic mass is 32.2. The summed E-state index contributed by atoms with van der Waals surface area (Å²) in [5.41, 5.74) is 1.31. The summed E-state index contributed by atoms with van der Waals surface area (Å²) in [5, 5.41) is 0. The van der Waals surface area contributed by atoms with Gasteiger partial charge in [-0.3, -0.25) is 4.72 Å². The van der Waals surface area contributed by atoms with Gasteiger partial charge in [-0.2, -0.15) is 0 Å². The van der Waals surface area contributed by atoms with Gasteiger partial charge in [0.15, 0.2) is 0 Å². The van der Waals surface area contributed by atoms with E-state index in [1.807, 2.05) is 0 Å². The van der Waals surface area contributed by atoms with Gasteiger partial charge in [-0.25, -0.2) is 31.5 Å². The molecule has 0 aliphatic heterocycles. The van der Waals surface area contributed by atoms with Crippen LogP contribution in [0.2, 0.25) is 0 Å². The fourth-order valence-corrected chi connectivity index (χ4v) is 4.59. The van der Waals surface area contributed by atoms with E-state index in [1.165, 1.54) is 36.7 Å². The van der Waals surface area contributed by atoms with Crippen molar-refractivity contribution in [2.45, 2.75) is 29.6 Å². The van der Waals surface area contributed by atoms with Crippen LogP contribution >= 0.6 is 0 Å². The fraction of sp³-hybridized carbons (Fsp3) is 0.158. The highest BCUT2D eigenvalue weighted by Gasteiger charge is 2.17. The number of aromatic nitrogens is 2. The van der Waals surface area contributed by atoms with E-state index in [0.29, 0.717) is 0 Å². The van der Waals surface area contributed by atoms with Crippen molar-refractivity contribution in [3.05, 3.63) is 72.6 Å². The van der Waals surface area contributed by atoms with E-state index >= 15 is 0 Å². The molecule has 152 valence electrons. The molecule has 0 saturated heterocycles. The van der Waals surface area contributed by atoms with Gasteiger partial charge in [-0.15, -0.1) is 0 Å². The molecule has 2 aromatic carbocycles. The lowest BCUT2D eigenvalue weighted by Gasteiger charge is -2.10. The molecule has 0 bridgehead atoms. The SMILES string of the molecule is CCCc1ccc(S(=O)(=O)Nc2ccc(S(=O)(=O)Nc3ncccn3)cc2)cc1. The van der Waals surface area contributed by atoms with Gasteiger partial charge in [-0.1, -0.05) is 25.5 Å². The topological polar surface area (TPSA) is 118 Å². The number of benzene rings is 2. The number of hydrogen-bond acceptors (Lipinski definition) is 6. The molecule has 10 heteroatoms. The molecule has 2 N–H and O–H groups in total. The zero-order chi connectivity index (χ0) is 20.9. The van der Waals surface area contributed by atoms with E-state index in [9.17, 15) is 16.8 Å². The summed E-state index contributed by atoms with van der Waals surface area (Å²) in [6.45, 7) is 2.05. The maximum Gasteiger partial charge on any atom is 0.264 e. The molecule has 3 aromatic rings. The minimum atomic E-state index is -3.89. The Morgan fingerprint density at radius 1 is 0.759 bits per heavy atom. The number of anilines is 2. The van der Waals surface area contributed by atoms with Crippen molar-refractivity contribution in [1.29, 1.82) is 0 Å². The minimum absolute atomic E-state index is 0.0446. The van der Waals surface area contributed by atoms with E-state index in [-0.39, 0.29) is 21.4 Å². The fourth-order valence-electron chi connectivity index (χ4n) is 2.57. The summed E-state index contributed by atoms with van der Waals surface area (Å²) < 4.78 is 54.5. The van der Waals surface area contributed by atoms with Crippen molar-refractivity contribution in [2.75, 3.05) is 9.44 Å². The van der Waals surface area contributed by atoms with Crippen LogP contribution in [0.5, 0.6) is 0 Å². The Balaban J connectivity index is 1.74. The van der Waals surface area contributed by atoms with E-state index < -0.39 is 20.0 Å². The van der Waals surface area contributed by atoms with Gasteiger partial charge in [0, 0.05) is 18.1 Å². The number of nitrogens with one attached hydrogen (secondary N) is 2. The number of sulfonamides is 2. The number of rotatable bonds is 8. The second-order valence-corrected chi connectivity index (χ2v) is 9.57. The van der Waals surface area contributed by atoms with Crippen LogP contribution in [0.25, 0.3) is 0 Å². The third-order valence-electron chi connectivity index (χ3n) is 3.98. The van der Waals surface area contributed by atoms with Crippen molar-refractivity contribution in [3.63, 3.8) is 0 Å². The Bertz CT molecular complexity index is 1160. The molecule has 0 unspecified atom stereocenters. The van der Waals surface area contributed by atoms with Crippen LogP contribution in [0.4, 0.5) is 11.6 Å². The molecule has 29 heavy (non-hydrogen) atoms. The summed E-state index contributed by atoms with van der Waals surface area (Å²) in [6, 6.07) is 13.6. The first-order valence-electron chi connectivity index (χ1n) is 8.82. The van der Waals surface area contributed by atoms with Crippen molar-refractivity contribution in [3.8, 4) is 0 Å². The highest BCUT2D eigenvalue weighted by Crippen LogP contribution is 2.20. The first-order chi connectivity index (χ1) is 13.8. The molecule has 1 aromatic heterocycles. The standard InChI is InChI=1S/C19H20N4O4S2/c1-2-4-15-5-9-17(10-6-15)28(24,25)22-16-7-11-18(12-8-16)29(26,27)23-19-20-13-3-14-21-19/h3,5-14,22H,2,4H2,1H3,(H,20,21,23). The van der Waals surface area contributed by atoms with Gasteiger partial charge in [-0.05, 0) is 54.4 Å². The molecular formula is C19H20N4O4S2. The highest BCUT2D eigenvalue weighted by molar-refractivity contribution is 7.93. The van der Waals surface area contributed by atoms with Gasteiger partial charge >= 0.3 is 0 Å². The molecule has 0 aliphatic carbocycles. The lowest BCUT2D eigenvalue weighted by Crippen LogP contribution is -2.15. The molecule has 1 heterocycles. The summed E-state index contributed by atoms with van der Waals surface area (Å²) in [7, 11) is -7.67. The maximum absolute atomic E-state index is 12.5. The zero-order valence-corrected chi connectivity index (χ0v) is 17.2. The number of aryl methyl sites for hydroxylation is 1. The predicted molar refractivity (Wildman–Crippen MR) is 111 cm³/mol. The molecule has 8 nitrogen and oxygen atoms in total. The van der Waals surface area contributed by atoms with Crippen molar-refractivity contribution >= 4 is 31.7 Å². The molecule has 0 radical (unpaired) electrons. The van der Waals surface area contributed by atoms with Crippen LogP contribution in [0.15, 0.2) is 76.8 Å². The number of hydrogen-bond donors (Lipinski definition) is 2. The summed E-state index contributed by atoms with van der Waals surface area (Å²) in [5.74, 6) is -0.0520. The largest absolute Gasteiger partial charge is 0.280 e. The van der Waals surface area contributed by atoms with E-state index in [2.05, 4.69) is 26.3 Å². The van der Waals surface area contributed by atoms with E-state index in [4.69, 9.17) is 0 Å². The third-order valence-corrected chi connectivity index (χ3v) is 6.72. The maximum atomic E-state index is 12.5. The first-order valence-corrected chi connectivity index (χ1v) is 11.8. The Kier molecular flexibility index (Phi) is 6.14. The monoisotopic (exact) mass is 432 g/mol. The smallest absolute Gasteiger partial charge is 0.264 e. The Morgan fingerprint density at radius 3 is 1.83 bits per heavy atom. The van der Waals surface area contributed by atoms with E-state index in [0.717, 1.165) is 18.4 Å². The number of nitrogens with zero attached hydrogens (tertiary/aromatic N) is 2.